The van der Waals surface area contributed by atoms with Crippen molar-refractivity contribution in [1.82, 2.24) is 0 Å². The van der Waals surface area contributed by atoms with E-state index in [1.165, 1.54) is 11.8 Å². The van der Waals surface area contributed by atoms with Gasteiger partial charge in [0.2, 0.25) is 0 Å². The van der Waals surface area contributed by atoms with E-state index >= 15 is 0 Å². The van der Waals surface area contributed by atoms with Crippen LogP contribution >= 0.6 is 11.8 Å². The van der Waals surface area contributed by atoms with Crippen LogP contribution in [0.25, 0.3) is 0 Å². The number of rotatable bonds is 2. The smallest absolute Gasteiger partial charge is 0.423 e. The van der Waals surface area contributed by atoms with E-state index in [1.807, 2.05) is 25.3 Å². The van der Waals surface area contributed by atoms with Crippen LogP contribution in [-0.2, 0) is 0 Å². The molecule has 4 heteroatoms. The number of hydrogen-bond donors (Lipinski definition) is 2. The molecular weight excluding hydrogens is 171 g/mol. The van der Waals surface area contributed by atoms with Gasteiger partial charge in [0.25, 0.3) is 0 Å². The van der Waals surface area contributed by atoms with Crippen LogP contribution in [0.1, 0.15) is 5.56 Å². The molecule has 2 N–H and O–H groups in total. The highest BCUT2D eigenvalue weighted by Gasteiger charge is 2.15. The molecule has 12 heavy (non-hydrogen) atoms. The average molecular weight is 182 g/mol. The first kappa shape index (κ1) is 9.64. The summed E-state index contributed by atoms with van der Waals surface area (Å²) in [5, 5.41) is 18.0. The highest BCUT2D eigenvalue weighted by Crippen LogP contribution is 2.16. The summed E-state index contributed by atoms with van der Waals surface area (Å²) in [5.41, 5.74) is 1.66. The van der Waals surface area contributed by atoms with Gasteiger partial charge in [-0.25, -0.2) is 0 Å². The normalized spacial score (nSPS) is 10.0. The molecule has 0 radical (unpaired) electrons. The van der Waals surface area contributed by atoms with Gasteiger partial charge in [0.05, 0.1) is 0 Å². The van der Waals surface area contributed by atoms with Crippen LogP contribution in [0.4, 0.5) is 0 Å². The van der Waals surface area contributed by atoms with E-state index < -0.39 is 7.12 Å². The van der Waals surface area contributed by atoms with Crippen molar-refractivity contribution in [2.45, 2.75) is 11.8 Å². The van der Waals surface area contributed by atoms with Crippen LogP contribution in [0.3, 0.4) is 0 Å². The molecule has 2 nitrogen and oxygen atoms in total. The molecule has 0 fully saturated rings. The van der Waals surface area contributed by atoms with Crippen molar-refractivity contribution in [3.8, 4) is 0 Å². The topological polar surface area (TPSA) is 40.5 Å². The quantitative estimate of drug-likeness (QED) is 0.513. The fraction of sp³-hybridized carbons (Fsp3) is 0.250. The van der Waals surface area contributed by atoms with Crippen LogP contribution in [0, 0.1) is 6.92 Å². The summed E-state index contributed by atoms with van der Waals surface area (Å²) in [4.78, 5) is 0.951. The largest absolute Gasteiger partial charge is 0.489 e. The Balaban J connectivity index is 3.18. The zero-order chi connectivity index (χ0) is 9.14. The fourth-order valence-corrected chi connectivity index (χ4v) is 1.96. The lowest BCUT2D eigenvalue weighted by molar-refractivity contribution is 0.425. The van der Waals surface area contributed by atoms with Gasteiger partial charge < -0.3 is 10.0 Å². The van der Waals surface area contributed by atoms with Gasteiger partial charge in [-0.05, 0) is 24.2 Å². The Morgan fingerprint density at radius 3 is 2.42 bits per heavy atom. The second-order valence-corrected chi connectivity index (χ2v) is 3.39. The van der Waals surface area contributed by atoms with Crippen molar-refractivity contribution in [2.24, 2.45) is 0 Å². The molecule has 0 unspecified atom stereocenters. The van der Waals surface area contributed by atoms with E-state index in [-0.39, 0.29) is 0 Å². The van der Waals surface area contributed by atoms with Crippen LogP contribution in [0.15, 0.2) is 23.1 Å². The van der Waals surface area contributed by atoms with E-state index in [1.54, 1.807) is 6.07 Å². The summed E-state index contributed by atoms with van der Waals surface area (Å²) in [6, 6.07) is 5.50. The molecule has 0 aliphatic rings. The summed E-state index contributed by atoms with van der Waals surface area (Å²) in [7, 11) is -1.37. The highest BCUT2D eigenvalue weighted by atomic mass is 32.2. The van der Waals surface area contributed by atoms with Gasteiger partial charge in [0, 0.05) is 4.90 Å². The van der Waals surface area contributed by atoms with Crippen LogP contribution in [-0.4, -0.2) is 23.4 Å². The van der Waals surface area contributed by atoms with Gasteiger partial charge >= 0.3 is 7.12 Å². The summed E-state index contributed by atoms with van der Waals surface area (Å²) >= 11 is 1.53. The van der Waals surface area contributed by atoms with Crippen molar-refractivity contribution >= 4 is 24.3 Å². The Bertz CT molecular complexity index is 276. The summed E-state index contributed by atoms with van der Waals surface area (Å²) in [5.74, 6) is 0. The Kier molecular flexibility index (Phi) is 3.20. The number of thioether (sulfide) groups is 1. The molecule has 0 aliphatic carbocycles. The Hall–Kier alpha value is -0.445. The molecule has 1 rings (SSSR count). The zero-order valence-electron chi connectivity index (χ0n) is 7.11. The molecule has 0 saturated heterocycles. The minimum absolute atomic E-state index is 0.586. The van der Waals surface area contributed by atoms with Crippen LogP contribution in [0.5, 0.6) is 0 Å². The van der Waals surface area contributed by atoms with Crippen molar-refractivity contribution in [2.75, 3.05) is 6.26 Å². The molecule has 1 aromatic carbocycles. The molecular formula is C8H11BO2S. The molecule has 0 bridgehead atoms. The second-order valence-electron chi connectivity index (χ2n) is 2.57. The summed E-state index contributed by atoms with van der Waals surface area (Å²) in [6.07, 6.45) is 1.92. The van der Waals surface area contributed by atoms with Gasteiger partial charge in [-0.2, -0.15) is 0 Å². The molecule has 0 aromatic heterocycles. The van der Waals surface area contributed by atoms with Gasteiger partial charge in [0.15, 0.2) is 0 Å². The molecule has 1 aromatic rings. The molecule has 0 heterocycles. The first-order chi connectivity index (χ1) is 5.66. The fourth-order valence-electron chi connectivity index (χ4n) is 1.16. The Morgan fingerprint density at radius 2 is 2.00 bits per heavy atom. The van der Waals surface area contributed by atoms with E-state index in [0.29, 0.717) is 5.46 Å². The summed E-state index contributed by atoms with van der Waals surface area (Å²) in [6.45, 7) is 1.96. The molecule has 0 aliphatic heterocycles. The molecule has 0 atom stereocenters. The number of benzene rings is 1. The molecule has 0 spiro atoms. The van der Waals surface area contributed by atoms with Gasteiger partial charge in [-0.15, -0.1) is 11.8 Å². The van der Waals surface area contributed by atoms with Gasteiger partial charge in [-0.1, -0.05) is 18.2 Å². The lowest BCUT2D eigenvalue weighted by atomic mass is 9.79. The van der Waals surface area contributed by atoms with E-state index in [4.69, 9.17) is 10.0 Å². The third-order valence-electron chi connectivity index (χ3n) is 1.72. The number of hydrogen-bond acceptors (Lipinski definition) is 3. The van der Waals surface area contributed by atoms with Gasteiger partial charge in [-0.3, -0.25) is 0 Å². The maximum atomic E-state index is 9.00. The minimum atomic E-state index is -1.37. The highest BCUT2D eigenvalue weighted by molar-refractivity contribution is 7.98. The predicted octanol–water partition coefficient (Wildman–Crippen LogP) is 0.397. The average Bonchev–Trinajstić information content (AvgIpc) is 2.03. The first-order valence-corrected chi connectivity index (χ1v) is 4.89. The van der Waals surface area contributed by atoms with Crippen LogP contribution in [0.2, 0.25) is 0 Å². The zero-order valence-corrected chi connectivity index (χ0v) is 7.93. The molecule has 0 amide bonds. The SMILES string of the molecule is CSc1c(C)cccc1B(O)O. The van der Waals surface area contributed by atoms with E-state index in [0.717, 1.165) is 10.5 Å². The van der Waals surface area contributed by atoms with Crippen molar-refractivity contribution < 1.29 is 10.0 Å². The third-order valence-corrected chi connectivity index (χ3v) is 2.69. The lowest BCUT2D eigenvalue weighted by Crippen LogP contribution is -2.31. The maximum absolute atomic E-state index is 9.00. The monoisotopic (exact) mass is 182 g/mol. The first-order valence-electron chi connectivity index (χ1n) is 3.66. The minimum Gasteiger partial charge on any atom is -0.423 e. The lowest BCUT2D eigenvalue weighted by Gasteiger charge is -2.08. The van der Waals surface area contributed by atoms with Gasteiger partial charge in [0.1, 0.15) is 0 Å². The van der Waals surface area contributed by atoms with Crippen molar-refractivity contribution in [3.63, 3.8) is 0 Å². The van der Waals surface area contributed by atoms with Crippen molar-refractivity contribution in [1.29, 1.82) is 0 Å². The molecule has 64 valence electrons. The molecule has 0 saturated carbocycles. The number of aryl methyl sites for hydroxylation is 1. The third kappa shape index (κ3) is 1.83. The standard InChI is InChI=1S/C8H11BO2S/c1-6-4-3-5-7(9(10)11)8(6)12-2/h3-5,10-11H,1-2H3. The van der Waals surface area contributed by atoms with Crippen LogP contribution < -0.4 is 5.46 Å². The maximum Gasteiger partial charge on any atom is 0.489 e. The van der Waals surface area contributed by atoms with E-state index in [2.05, 4.69) is 0 Å². The second kappa shape index (κ2) is 3.98. The predicted molar refractivity (Wildman–Crippen MR) is 52.8 cm³/mol. The Morgan fingerprint density at radius 1 is 1.33 bits per heavy atom. The summed E-state index contributed by atoms with van der Waals surface area (Å²) < 4.78 is 0. The Labute approximate surface area is 76.8 Å². The van der Waals surface area contributed by atoms with Crippen molar-refractivity contribution in [3.05, 3.63) is 23.8 Å². The van der Waals surface area contributed by atoms with E-state index in [9.17, 15) is 0 Å².